The van der Waals surface area contributed by atoms with E-state index in [4.69, 9.17) is 22.1 Å². The maximum atomic E-state index is 12.2. The Bertz CT molecular complexity index is 547. The highest BCUT2D eigenvalue weighted by molar-refractivity contribution is 6.34. The van der Waals surface area contributed by atoms with E-state index in [0.29, 0.717) is 28.9 Å². The zero-order chi connectivity index (χ0) is 14.3. The van der Waals surface area contributed by atoms with Crippen LogP contribution in [0.5, 0.6) is 0 Å². The molecule has 4 nitrogen and oxygen atoms in total. The average molecular weight is 295 g/mol. The van der Waals surface area contributed by atoms with Gasteiger partial charge in [0.2, 0.25) is 0 Å². The van der Waals surface area contributed by atoms with Crippen LogP contribution in [-0.2, 0) is 4.74 Å². The van der Waals surface area contributed by atoms with Crippen LogP contribution in [0.3, 0.4) is 0 Å². The maximum Gasteiger partial charge on any atom is 0.340 e. The van der Waals surface area contributed by atoms with E-state index in [1.165, 1.54) is 19.3 Å². The minimum Gasteiger partial charge on any atom is -0.462 e. The van der Waals surface area contributed by atoms with Crippen molar-refractivity contribution in [1.82, 2.24) is 0 Å². The molecule has 0 aromatic heterocycles. The van der Waals surface area contributed by atoms with Gasteiger partial charge in [0.25, 0.3) is 0 Å². The molecule has 0 radical (unpaired) electrons. The summed E-state index contributed by atoms with van der Waals surface area (Å²) in [5.74, 6) is 0.378. The molecule has 0 spiro atoms. The number of piperidine rings is 1. The van der Waals surface area contributed by atoms with Crippen molar-refractivity contribution in [3.8, 4) is 0 Å². The van der Waals surface area contributed by atoms with Gasteiger partial charge >= 0.3 is 5.97 Å². The standard InChI is InChI=1S/C15H19ClN2O2/c1-2-20-15(19)12-6-10(17)7-13(16)14(12)18-8-9-3-4-11(18)5-9/h6-7,9,11H,2-5,8,17H2,1H3. The van der Waals surface area contributed by atoms with Gasteiger partial charge in [0.1, 0.15) is 0 Å². The number of halogens is 1. The number of esters is 1. The Hall–Kier alpha value is -1.42. The smallest absolute Gasteiger partial charge is 0.340 e. The number of fused-ring (bicyclic) bond motifs is 2. The van der Waals surface area contributed by atoms with E-state index >= 15 is 0 Å². The molecule has 3 rings (SSSR count). The largest absolute Gasteiger partial charge is 0.462 e. The number of carbonyl (C=O) groups is 1. The zero-order valence-electron chi connectivity index (χ0n) is 11.6. The van der Waals surface area contributed by atoms with Crippen molar-refractivity contribution in [3.63, 3.8) is 0 Å². The summed E-state index contributed by atoms with van der Waals surface area (Å²) in [7, 11) is 0. The molecule has 2 bridgehead atoms. The molecule has 20 heavy (non-hydrogen) atoms. The molecule has 2 atom stereocenters. The summed E-state index contributed by atoms with van der Waals surface area (Å²) in [5, 5.41) is 0.542. The van der Waals surface area contributed by atoms with Crippen LogP contribution in [0.25, 0.3) is 0 Å². The van der Waals surface area contributed by atoms with Crippen molar-refractivity contribution in [2.75, 3.05) is 23.8 Å². The fraction of sp³-hybridized carbons (Fsp3) is 0.533. The molecule has 1 aliphatic heterocycles. The molecular formula is C15H19ClN2O2. The Balaban J connectivity index is 2.02. The van der Waals surface area contributed by atoms with Gasteiger partial charge in [0.05, 0.1) is 22.9 Å². The van der Waals surface area contributed by atoms with Gasteiger partial charge in [-0.25, -0.2) is 4.79 Å². The van der Waals surface area contributed by atoms with E-state index in [1.807, 2.05) is 0 Å². The van der Waals surface area contributed by atoms with Crippen LogP contribution in [0.4, 0.5) is 11.4 Å². The van der Waals surface area contributed by atoms with Crippen LogP contribution in [0, 0.1) is 5.92 Å². The molecule has 0 amide bonds. The first-order chi connectivity index (χ1) is 9.60. The van der Waals surface area contributed by atoms with Crippen molar-refractivity contribution >= 4 is 28.9 Å². The molecule has 2 fully saturated rings. The van der Waals surface area contributed by atoms with Crippen LogP contribution >= 0.6 is 11.6 Å². The molecule has 1 saturated heterocycles. The first kappa shape index (κ1) is 13.6. The lowest BCUT2D eigenvalue weighted by atomic mass is 10.1. The van der Waals surface area contributed by atoms with Crippen molar-refractivity contribution in [3.05, 3.63) is 22.7 Å². The van der Waals surface area contributed by atoms with Gasteiger partial charge < -0.3 is 15.4 Å². The number of carbonyl (C=O) groups excluding carboxylic acids is 1. The number of ether oxygens (including phenoxy) is 1. The van der Waals surface area contributed by atoms with Gasteiger partial charge in [-0.1, -0.05) is 11.6 Å². The summed E-state index contributed by atoms with van der Waals surface area (Å²) in [6.45, 7) is 3.11. The number of hydrogen-bond donors (Lipinski definition) is 1. The highest BCUT2D eigenvalue weighted by atomic mass is 35.5. The predicted octanol–water partition coefficient (Wildman–Crippen LogP) is 3.09. The van der Waals surface area contributed by atoms with E-state index in [9.17, 15) is 4.79 Å². The van der Waals surface area contributed by atoms with Crippen LogP contribution in [-0.4, -0.2) is 25.2 Å². The maximum absolute atomic E-state index is 12.2. The predicted molar refractivity (Wildman–Crippen MR) is 80.3 cm³/mol. The van der Waals surface area contributed by atoms with Crippen LogP contribution in [0.2, 0.25) is 5.02 Å². The number of rotatable bonds is 3. The second-order valence-electron chi connectivity index (χ2n) is 5.60. The summed E-state index contributed by atoms with van der Waals surface area (Å²) >= 11 is 6.37. The van der Waals surface area contributed by atoms with Crippen molar-refractivity contribution in [2.24, 2.45) is 5.92 Å². The van der Waals surface area contributed by atoms with Crippen molar-refractivity contribution in [2.45, 2.75) is 32.2 Å². The van der Waals surface area contributed by atoms with Crippen LogP contribution in [0.15, 0.2) is 12.1 Å². The molecule has 1 aromatic carbocycles. The molecule has 108 valence electrons. The number of benzene rings is 1. The number of nitrogens with two attached hydrogens (primary N) is 1. The Morgan fingerprint density at radius 2 is 2.30 bits per heavy atom. The summed E-state index contributed by atoms with van der Waals surface area (Å²) in [6, 6.07) is 3.88. The van der Waals surface area contributed by atoms with E-state index in [1.54, 1.807) is 19.1 Å². The minimum atomic E-state index is -0.348. The fourth-order valence-corrected chi connectivity index (χ4v) is 3.81. The van der Waals surface area contributed by atoms with E-state index in [0.717, 1.165) is 18.2 Å². The third-order valence-electron chi connectivity index (χ3n) is 4.28. The molecule has 2 aliphatic rings. The Morgan fingerprint density at radius 1 is 1.50 bits per heavy atom. The van der Waals surface area contributed by atoms with E-state index in [-0.39, 0.29) is 5.97 Å². The minimum absolute atomic E-state index is 0.344. The highest BCUT2D eigenvalue weighted by Gasteiger charge is 2.40. The molecule has 5 heteroatoms. The first-order valence-corrected chi connectivity index (χ1v) is 7.50. The Morgan fingerprint density at radius 3 is 2.90 bits per heavy atom. The molecule has 1 heterocycles. The SMILES string of the molecule is CCOC(=O)c1cc(N)cc(Cl)c1N1CC2CCC1C2. The molecule has 1 saturated carbocycles. The first-order valence-electron chi connectivity index (χ1n) is 7.13. The van der Waals surface area contributed by atoms with Gasteiger partial charge in [-0.3, -0.25) is 0 Å². The van der Waals surface area contributed by atoms with Crippen molar-refractivity contribution < 1.29 is 9.53 Å². The second kappa shape index (κ2) is 5.17. The highest BCUT2D eigenvalue weighted by Crippen LogP contribution is 2.44. The normalized spacial score (nSPS) is 24.2. The van der Waals surface area contributed by atoms with Crippen molar-refractivity contribution in [1.29, 1.82) is 0 Å². The summed E-state index contributed by atoms with van der Waals surface area (Å²) in [5.41, 5.74) is 7.61. The van der Waals surface area contributed by atoms with Crippen LogP contribution < -0.4 is 10.6 Å². The van der Waals surface area contributed by atoms with E-state index < -0.39 is 0 Å². The van der Waals surface area contributed by atoms with Gasteiger partial charge in [0, 0.05) is 18.3 Å². The quantitative estimate of drug-likeness (QED) is 0.687. The summed E-state index contributed by atoms with van der Waals surface area (Å²) in [4.78, 5) is 14.4. The lowest BCUT2D eigenvalue weighted by molar-refractivity contribution is 0.0527. The number of anilines is 2. The third kappa shape index (κ3) is 2.22. The second-order valence-corrected chi connectivity index (χ2v) is 6.01. The average Bonchev–Trinajstić information content (AvgIpc) is 3.00. The number of nitrogen functional groups attached to an aromatic ring is 1. The van der Waals surface area contributed by atoms with Gasteiger partial charge in [-0.2, -0.15) is 0 Å². The molecule has 2 unspecified atom stereocenters. The van der Waals surface area contributed by atoms with Gasteiger partial charge in [0.15, 0.2) is 0 Å². The summed E-state index contributed by atoms with van der Waals surface area (Å²) in [6.07, 6.45) is 3.65. The number of hydrogen-bond acceptors (Lipinski definition) is 4. The van der Waals surface area contributed by atoms with E-state index in [2.05, 4.69) is 4.90 Å². The molecular weight excluding hydrogens is 276 g/mol. The Kier molecular flexibility index (Phi) is 3.50. The molecule has 1 aliphatic carbocycles. The third-order valence-corrected chi connectivity index (χ3v) is 4.57. The lowest BCUT2D eigenvalue weighted by Gasteiger charge is -2.31. The molecule has 1 aromatic rings. The van der Waals surface area contributed by atoms with Gasteiger partial charge in [-0.15, -0.1) is 0 Å². The Labute approximate surface area is 123 Å². The zero-order valence-corrected chi connectivity index (χ0v) is 12.3. The lowest BCUT2D eigenvalue weighted by Crippen LogP contribution is -2.33. The molecule has 2 N–H and O–H groups in total. The summed E-state index contributed by atoms with van der Waals surface area (Å²) < 4.78 is 5.14. The van der Waals surface area contributed by atoms with Gasteiger partial charge in [-0.05, 0) is 44.2 Å². The monoisotopic (exact) mass is 294 g/mol. The fourth-order valence-electron chi connectivity index (χ4n) is 3.47. The number of nitrogens with zero attached hydrogens (tertiary/aromatic N) is 1. The topological polar surface area (TPSA) is 55.6 Å². The van der Waals surface area contributed by atoms with Crippen LogP contribution in [0.1, 0.15) is 36.5 Å².